The summed E-state index contributed by atoms with van der Waals surface area (Å²) >= 11 is 0. The number of rotatable bonds is 7. The molecule has 2 fully saturated rings. The van der Waals surface area contributed by atoms with Gasteiger partial charge in [-0.15, -0.1) is 0 Å². The maximum absolute atomic E-state index is 13.3. The zero-order valence-electron chi connectivity index (χ0n) is 22.0. The SMILES string of the molecule is CC(C)n1c(=O)n(CC2CC2)c(=O)c2cc(NC(=O)N3CCCC(CNC(=O)c4ccccc4)C3)ccc21. The average Bonchev–Trinajstić information content (AvgIpc) is 3.75. The van der Waals surface area contributed by atoms with Crippen LogP contribution in [0.2, 0.25) is 0 Å². The van der Waals surface area contributed by atoms with E-state index in [1.807, 2.05) is 32.0 Å². The molecular formula is C29H35N5O4. The highest BCUT2D eigenvalue weighted by atomic mass is 16.2. The van der Waals surface area contributed by atoms with Crippen molar-refractivity contribution >= 4 is 28.5 Å². The third kappa shape index (κ3) is 5.51. The van der Waals surface area contributed by atoms with Gasteiger partial charge < -0.3 is 15.5 Å². The minimum Gasteiger partial charge on any atom is -0.352 e. The Morgan fingerprint density at radius 2 is 1.76 bits per heavy atom. The number of amides is 3. The third-order valence-corrected chi connectivity index (χ3v) is 7.47. The van der Waals surface area contributed by atoms with E-state index in [2.05, 4.69) is 10.6 Å². The molecule has 1 aliphatic heterocycles. The fraction of sp³-hybridized carbons (Fsp3) is 0.448. The minimum absolute atomic E-state index is 0.107. The second-order valence-electron chi connectivity index (χ2n) is 10.8. The van der Waals surface area contributed by atoms with E-state index in [1.54, 1.807) is 39.8 Å². The molecule has 2 aromatic carbocycles. The Bertz CT molecular complexity index is 1460. The van der Waals surface area contributed by atoms with Crippen molar-refractivity contribution in [3.63, 3.8) is 0 Å². The van der Waals surface area contributed by atoms with Crippen LogP contribution in [-0.4, -0.2) is 45.6 Å². The quantitative estimate of drug-likeness (QED) is 0.497. The summed E-state index contributed by atoms with van der Waals surface area (Å²) in [6, 6.07) is 13.9. The van der Waals surface area contributed by atoms with Crippen LogP contribution in [0.1, 0.15) is 55.9 Å². The van der Waals surface area contributed by atoms with Gasteiger partial charge in [-0.1, -0.05) is 18.2 Å². The van der Waals surface area contributed by atoms with E-state index in [1.165, 1.54) is 4.57 Å². The maximum Gasteiger partial charge on any atom is 0.331 e. The molecule has 2 N–H and O–H groups in total. The lowest BCUT2D eigenvalue weighted by molar-refractivity contribution is 0.0938. The minimum atomic E-state index is -0.308. The first-order valence-electron chi connectivity index (χ1n) is 13.5. The number of hydrogen-bond acceptors (Lipinski definition) is 4. The Hall–Kier alpha value is -3.88. The lowest BCUT2D eigenvalue weighted by atomic mass is 9.98. The Kier molecular flexibility index (Phi) is 7.35. The molecule has 3 aromatic rings. The Morgan fingerprint density at radius 1 is 1.00 bits per heavy atom. The first-order chi connectivity index (χ1) is 18.3. The highest BCUT2D eigenvalue weighted by Crippen LogP contribution is 2.30. The van der Waals surface area contributed by atoms with Gasteiger partial charge in [0.2, 0.25) is 0 Å². The van der Waals surface area contributed by atoms with Gasteiger partial charge in [0.1, 0.15) is 0 Å². The highest BCUT2D eigenvalue weighted by Gasteiger charge is 2.26. The predicted octanol–water partition coefficient (Wildman–Crippen LogP) is 3.83. The second-order valence-corrected chi connectivity index (χ2v) is 10.8. The smallest absolute Gasteiger partial charge is 0.331 e. The maximum atomic E-state index is 13.3. The van der Waals surface area contributed by atoms with Crippen LogP contribution in [0.15, 0.2) is 58.1 Å². The predicted molar refractivity (Wildman–Crippen MR) is 148 cm³/mol. The fourth-order valence-corrected chi connectivity index (χ4v) is 5.23. The van der Waals surface area contributed by atoms with E-state index in [-0.39, 0.29) is 35.1 Å². The van der Waals surface area contributed by atoms with E-state index in [0.717, 1.165) is 25.7 Å². The summed E-state index contributed by atoms with van der Waals surface area (Å²) in [7, 11) is 0. The van der Waals surface area contributed by atoms with Gasteiger partial charge in [0, 0.05) is 43.5 Å². The molecule has 2 heterocycles. The van der Waals surface area contributed by atoms with Crippen LogP contribution in [0, 0.1) is 11.8 Å². The van der Waals surface area contributed by atoms with Crippen molar-refractivity contribution < 1.29 is 9.59 Å². The van der Waals surface area contributed by atoms with Crippen LogP contribution in [0.4, 0.5) is 10.5 Å². The fourth-order valence-electron chi connectivity index (χ4n) is 5.23. The number of fused-ring (bicyclic) bond motifs is 1. The van der Waals surface area contributed by atoms with Gasteiger partial charge in [-0.05, 0) is 81.7 Å². The Balaban J connectivity index is 1.29. The number of benzene rings is 2. The van der Waals surface area contributed by atoms with Crippen LogP contribution in [-0.2, 0) is 6.54 Å². The molecule has 0 spiro atoms. The van der Waals surface area contributed by atoms with E-state index >= 15 is 0 Å². The summed E-state index contributed by atoms with van der Waals surface area (Å²) < 4.78 is 3.01. The topological polar surface area (TPSA) is 105 Å². The van der Waals surface area contributed by atoms with Gasteiger partial charge in [0.25, 0.3) is 11.5 Å². The molecule has 1 unspecified atom stereocenters. The van der Waals surface area contributed by atoms with E-state index in [0.29, 0.717) is 54.3 Å². The first kappa shape index (κ1) is 25.8. The molecular weight excluding hydrogens is 482 g/mol. The number of likely N-dealkylation sites (tertiary alicyclic amines) is 1. The monoisotopic (exact) mass is 517 g/mol. The van der Waals surface area contributed by atoms with Crippen molar-refractivity contribution in [2.75, 3.05) is 25.0 Å². The number of urea groups is 1. The van der Waals surface area contributed by atoms with Crippen LogP contribution >= 0.6 is 0 Å². The molecule has 0 bridgehead atoms. The largest absolute Gasteiger partial charge is 0.352 e. The van der Waals surface area contributed by atoms with Crippen molar-refractivity contribution in [2.24, 2.45) is 11.8 Å². The van der Waals surface area contributed by atoms with Crippen LogP contribution in [0.3, 0.4) is 0 Å². The van der Waals surface area contributed by atoms with Crippen LogP contribution < -0.4 is 21.9 Å². The number of nitrogens with zero attached hydrogens (tertiary/aromatic N) is 3. The lowest BCUT2D eigenvalue weighted by Gasteiger charge is -2.33. The summed E-state index contributed by atoms with van der Waals surface area (Å²) in [6.45, 7) is 5.96. The van der Waals surface area contributed by atoms with Crippen molar-refractivity contribution in [2.45, 2.75) is 52.1 Å². The Labute approximate surface area is 221 Å². The normalized spacial score (nSPS) is 17.6. The molecule has 2 aliphatic rings. The molecule has 9 heteroatoms. The first-order valence-corrected chi connectivity index (χ1v) is 13.5. The standard InChI is InChI=1S/C29H35N5O4/c1-19(2)34-25-13-12-23(15-24(25)27(36)33(29(34)38)18-20-10-11-20)31-28(37)32-14-6-7-21(17-32)16-30-26(35)22-8-4-3-5-9-22/h3-5,8-9,12-13,15,19-21H,6-7,10-11,14,16-18H2,1-2H3,(H,30,35)(H,31,37). The van der Waals surface area contributed by atoms with Crippen molar-refractivity contribution in [3.05, 3.63) is 74.9 Å². The third-order valence-electron chi connectivity index (χ3n) is 7.47. The zero-order valence-corrected chi connectivity index (χ0v) is 22.0. The molecule has 38 heavy (non-hydrogen) atoms. The van der Waals surface area contributed by atoms with Gasteiger partial charge in [0.15, 0.2) is 0 Å². The molecule has 1 aromatic heterocycles. The number of anilines is 1. The number of hydrogen-bond donors (Lipinski definition) is 2. The summed E-state index contributed by atoms with van der Waals surface area (Å²) in [5.74, 6) is 0.426. The zero-order chi connectivity index (χ0) is 26.8. The molecule has 1 aliphatic carbocycles. The van der Waals surface area contributed by atoms with Crippen molar-refractivity contribution in [3.8, 4) is 0 Å². The molecule has 9 nitrogen and oxygen atoms in total. The van der Waals surface area contributed by atoms with Gasteiger partial charge in [-0.3, -0.25) is 18.7 Å². The van der Waals surface area contributed by atoms with Crippen LogP contribution in [0.5, 0.6) is 0 Å². The number of carbonyl (C=O) groups excluding carboxylic acids is 2. The van der Waals surface area contributed by atoms with Gasteiger partial charge in [-0.2, -0.15) is 0 Å². The average molecular weight is 518 g/mol. The summed E-state index contributed by atoms with van der Waals surface area (Å²) in [5.41, 5.74) is 1.13. The van der Waals surface area contributed by atoms with E-state index < -0.39 is 0 Å². The molecule has 200 valence electrons. The van der Waals surface area contributed by atoms with Gasteiger partial charge >= 0.3 is 11.7 Å². The van der Waals surface area contributed by atoms with Gasteiger partial charge in [0.05, 0.1) is 10.9 Å². The van der Waals surface area contributed by atoms with E-state index in [9.17, 15) is 19.2 Å². The summed E-state index contributed by atoms with van der Waals surface area (Å²) in [4.78, 5) is 53.7. The van der Waals surface area contributed by atoms with Crippen molar-refractivity contribution in [1.29, 1.82) is 0 Å². The number of nitrogens with one attached hydrogen (secondary N) is 2. The number of piperidine rings is 1. The lowest BCUT2D eigenvalue weighted by Crippen LogP contribution is -2.45. The van der Waals surface area contributed by atoms with E-state index in [4.69, 9.17) is 0 Å². The van der Waals surface area contributed by atoms with Crippen LogP contribution in [0.25, 0.3) is 10.9 Å². The molecule has 0 radical (unpaired) electrons. The van der Waals surface area contributed by atoms with Gasteiger partial charge in [-0.25, -0.2) is 9.59 Å². The summed E-state index contributed by atoms with van der Waals surface area (Å²) in [6.07, 6.45) is 3.86. The molecule has 1 atom stereocenters. The Morgan fingerprint density at radius 3 is 2.47 bits per heavy atom. The molecule has 5 rings (SSSR count). The second kappa shape index (κ2) is 10.8. The molecule has 1 saturated heterocycles. The van der Waals surface area contributed by atoms with Crippen molar-refractivity contribution in [1.82, 2.24) is 19.4 Å². The molecule has 1 saturated carbocycles. The summed E-state index contributed by atoms with van der Waals surface area (Å²) in [5, 5.41) is 6.35. The number of aromatic nitrogens is 2. The highest BCUT2D eigenvalue weighted by molar-refractivity contribution is 5.94. The molecule has 3 amide bonds. The number of carbonyl (C=O) groups is 2.